The maximum absolute atomic E-state index is 14.2. The molecule has 2 aromatic carbocycles. The Bertz CT molecular complexity index is 1330. The van der Waals surface area contributed by atoms with Gasteiger partial charge in [0.05, 0.1) is 6.61 Å². The van der Waals surface area contributed by atoms with E-state index in [-0.39, 0.29) is 41.5 Å². The fourth-order valence-electron chi connectivity index (χ4n) is 7.04. The quantitative estimate of drug-likeness (QED) is 0.601. The summed E-state index contributed by atoms with van der Waals surface area (Å²) in [4.78, 5) is 57.4. The van der Waals surface area contributed by atoms with E-state index < -0.39 is 12.1 Å². The fourth-order valence-corrected chi connectivity index (χ4v) is 7.04. The first-order valence-electron chi connectivity index (χ1n) is 14.8. The van der Waals surface area contributed by atoms with Gasteiger partial charge in [-0.15, -0.1) is 0 Å². The molecule has 0 saturated carbocycles. The van der Waals surface area contributed by atoms with Gasteiger partial charge >= 0.3 is 0 Å². The van der Waals surface area contributed by atoms with Crippen LogP contribution < -0.4 is 15.4 Å². The first kappa shape index (κ1) is 27.3. The van der Waals surface area contributed by atoms with Crippen LogP contribution in [0.3, 0.4) is 0 Å². The van der Waals surface area contributed by atoms with E-state index in [2.05, 4.69) is 10.6 Å². The molecule has 4 aliphatic heterocycles. The molecule has 4 amide bonds. The average molecular weight is 559 g/mol. The standard InChI is InChI=1S/C32H38N4O5/c1-20-30(38)34-26(15-21-6-3-2-4-7-21)32(40)36-18-22-14-25(27(36)8-5-9-29(37)33-20)19-35(17-22)31(39)24-10-11-28-23(16-24)12-13-41-28/h2-4,6-7,10-11,16,20,22,25-27H,5,8-9,12-15,17-19H2,1H3,(H,33,37)(H,34,38)/t20-,22+,25-,26+,27+/m1/s1. The number of ether oxygens (including phenoxy) is 1. The lowest BCUT2D eigenvalue weighted by Crippen LogP contribution is -2.63. The van der Waals surface area contributed by atoms with Crippen molar-refractivity contribution in [3.63, 3.8) is 0 Å². The van der Waals surface area contributed by atoms with E-state index in [4.69, 9.17) is 4.74 Å². The average Bonchev–Trinajstić information content (AvgIpc) is 3.45. The van der Waals surface area contributed by atoms with Gasteiger partial charge in [-0.25, -0.2) is 0 Å². The summed E-state index contributed by atoms with van der Waals surface area (Å²) in [6, 6.07) is 13.8. The number of fused-ring (bicyclic) bond motifs is 5. The van der Waals surface area contributed by atoms with Crippen molar-refractivity contribution in [3.05, 3.63) is 65.2 Å². The Morgan fingerprint density at radius 2 is 1.83 bits per heavy atom. The van der Waals surface area contributed by atoms with Crippen molar-refractivity contribution in [1.82, 2.24) is 20.4 Å². The van der Waals surface area contributed by atoms with Crippen LogP contribution in [0.4, 0.5) is 0 Å². The largest absolute Gasteiger partial charge is 0.493 e. The van der Waals surface area contributed by atoms with Gasteiger partial charge in [-0.1, -0.05) is 30.3 Å². The first-order chi connectivity index (χ1) is 19.9. The molecule has 9 heteroatoms. The number of hydrogen-bond donors (Lipinski definition) is 2. The molecule has 0 unspecified atom stereocenters. The molecule has 2 bridgehead atoms. The van der Waals surface area contributed by atoms with Crippen LogP contribution in [-0.4, -0.2) is 77.8 Å². The third kappa shape index (κ3) is 5.80. The number of carbonyl (C=O) groups is 4. The lowest BCUT2D eigenvalue weighted by Gasteiger charge is -2.51. The maximum atomic E-state index is 14.2. The SMILES string of the molecule is C[C@H]1NC(=O)CCC[C@H]2[C@@H]3C[C@@H](CN(C(=O)c4ccc5c(c4)CCO5)C3)CN2C(=O)[C@H](Cc2ccccc2)NC1=O. The van der Waals surface area contributed by atoms with Gasteiger partial charge in [0, 0.05) is 50.5 Å². The smallest absolute Gasteiger partial charge is 0.253 e. The second kappa shape index (κ2) is 11.5. The Kier molecular flexibility index (Phi) is 7.69. The van der Waals surface area contributed by atoms with E-state index in [1.165, 1.54) is 0 Å². The number of nitrogens with one attached hydrogen (secondary N) is 2. The molecule has 3 fully saturated rings. The number of benzene rings is 2. The topological polar surface area (TPSA) is 108 Å². The van der Waals surface area contributed by atoms with Crippen LogP contribution in [0, 0.1) is 11.8 Å². The van der Waals surface area contributed by atoms with E-state index in [9.17, 15) is 19.2 Å². The molecule has 0 radical (unpaired) electrons. The van der Waals surface area contributed by atoms with Crippen molar-refractivity contribution in [3.8, 4) is 5.75 Å². The highest BCUT2D eigenvalue weighted by atomic mass is 16.5. The van der Waals surface area contributed by atoms with Crippen molar-refractivity contribution in [2.24, 2.45) is 11.8 Å². The summed E-state index contributed by atoms with van der Waals surface area (Å²) in [7, 11) is 0. The molecule has 0 aliphatic carbocycles. The molecule has 0 spiro atoms. The van der Waals surface area contributed by atoms with Gasteiger partial charge < -0.3 is 25.2 Å². The summed E-state index contributed by atoms with van der Waals surface area (Å²) in [6.45, 7) is 3.99. The van der Waals surface area contributed by atoms with Crippen LogP contribution in [0.15, 0.2) is 48.5 Å². The molecule has 5 atom stereocenters. The van der Waals surface area contributed by atoms with Crippen LogP contribution in [0.5, 0.6) is 5.75 Å². The zero-order valence-electron chi connectivity index (χ0n) is 23.5. The molecular formula is C32H38N4O5. The first-order valence-corrected chi connectivity index (χ1v) is 14.8. The van der Waals surface area contributed by atoms with Gasteiger partial charge in [0.15, 0.2) is 0 Å². The Morgan fingerprint density at radius 3 is 2.66 bits per heavy atom. The van der Waals surface area contributed by atoms with E-state index in [0.29, 0.717) is 57.5 Å². The monoisotopic (exact) mass is 558 g/mol. The zero-order valence-corrected chi connectivity index (χ0v) is 23.5. The number of hydrogen-bond acceptors (Lipinski definition) is 5. The van der Waals surface area contributed by atoms with Gasteiger partial charge in [-0.3, -0.25) is 19.2 Å². The second-order valence-corrected chi connectivity index (χ2v) is 12.0. The van der Waals surface area contributed by atoms with Crippen LogP contribution in [-0.2, 0) is 27.2 Å². The molecule has 216 valence electrons. The van der Waals surface area contributed by atoms with Gasteiger partial charge in [0.1, 0.15) is 17.8 Å². The molecule has 6 rings (SSSR count). The summed E-state index contributed by atoms with van der Waals surface area (Å²) in [5.74, 6) is 0.517. The van der Waals surface area contributed by atoms with Crippen molar-refractivity contribution >= 4 is 23.6 Å². The molecule has 0 aromatic heterocycles. The molecular weight excluding hydrogens is 520 g/mol. The van der Waals surface area contributed by atoms with Crippen molar-refractivity contribution in [1.29, 1.82) is 0 Å². The van der Waals surface area contributed by atoms with Gasteiger partial charge in [0.2, 0.25) is 17.7 Å². The van der Waals surface area contributed by atoms with Crippen molar-refractivity contribution < 1.29 is 23.9 Å². The van der Waals surface area contributed by atoms with Crippen molar-refractivity contribution in [2.75, 3.05) is 26.2 Å². The number of carbonyl (C=O) groups excluding carboxylic acids is 4. The predicted molar refractivity (Wildman–Crippen MR) is 152 cm³/mol. The lowest BCUT2D eigenvalue weighted by atomic mass is 9.77. The normalized spacial score (nSPS) is 28.3. The summed E-state index contributed by atoms with van der Waals surface area (Å²) in [5, 5.41) is 5.73. The highest BCUT2D eigenvalue weighted by Crippen LogP contribution is 2.37. The predicted octanol–water partition coefficient (Wildman–Crippen LogP) is 2.33. The third-order valence-corrected chi connectivity index (χ3v) is 9.05. The summed E-state index contributed by atoms with van der Waals surface area (Å²) < 4.78 is 5.62. The Balaban J connectivity index is 1.25. The lowest BCUT2D eigenvalue weighted by molar-refractivity contribution is -0.145. The molecule has 4 aliphatic rings. The fraction of sp³-hybridized carbons (Fsp3) is 0.500. The van der Waals surface area contributed by atoms with Crippen LogP contribution in [0.25, 0.3) is 0 Å². The number of likely N-dealkylation sites (tertiary alicyclic amines) is 1. The van der Waals surface area contributed by atoms with E-state index in [1.54, 1.807) is 6.92 Å². The Hall–Kier alpha value is -3.88. The van der Waals surface area contributed by atoms with Gasteiger partial charge in [-0.2, -0.15) is 0 Å². The molecule has 2 N–H and O–H groups in total. The van der Waals surface area contributed by atoms with Gasteiger partial charge in [-0.05, 0) is 67.3 Å². The third-order valence-electron chi connectivity index (χ3n) is 9.05. The number of piperidine rings is 2. The minimum Gasteiger partial charge on any atom is -0.493 e. The minimum atomic E-state index is -0.739. The Morgan fingerprint density at radius 1 is 1.00 bits per heavy atom. The maximum Gasteiger partial charge on any atom is 0.253 e. The summed E-state index contributed by atoms with van der Waals surface area (Å²) >= 11 is 0. The van der Waals surface area contributed by atoms with Crippen LogP contribution >= 0.6 is 0 Å². The molecule has 9 nitrogen and oxygen atoms in total. The van der Waals surface area contributed by atoms with E-state index >= 15 is 0 Å². The zero-order chi connectivity index (χ0) is 28.5. The second-order valence-electron chi connectivity index (χ2n) is 12.0. The van der Waals surface area contributed by atoms with Gasteiger partial charge in [0.25, 0.3) is 5.91 Å². The van der Waals surface area contributed by atoms with E-state index in [0.717, 1.165) is 29.7 Å². The molecule has 4 heterocycles. The van der Waals surface area contributed by atoms with Crippen molar-refractivity contribution in [2.45, 2.75) is 63.6 Å². The minimum absolute atomic E-state index is 0.0184. The molecule has 41 heavy (non-hydrogen) atoms. The van der Waals surface area contributed by atoms with Crippen LogP contribution in [0.1, 0.15) is 54.1 Å². The van der Waals surface area contributed by atoms with Crippen LogP contribution in [0.2, 0.25) is 0 Å². The van der Waals surface area contributed by atoms with E-state index in [1.807, 2.05) is 58.3 Å². The summed E-state index contributed by atoms with van der Waals surface area (Å²) in [5.41, 5.74) is 2.71. The number of nitrogens with zero attached hydrogens (tertiary/aromatic N) is 2. The Labute approximate surface area is 240 Å². The molecule has 2 aromatic rings. The highest BCUT2D eigenvalue weighted by Gasteiger charge is 2.45. The number of amides is 4. The molecule has 3 saturated heterocycles. The highest BCUT2D eigenvalue weighted by molar-refractivity contribution is 5.95. The summed E-state index contributed by atoms with van der Waals surface area (Å²) in [6.07, 6.45) is 3.70. The number of rotatable bonds is 3.